The number of carbonyl (C=O) groups excluding carboxylic acids is 2. The van der Waals surface area contributed by atoms with Crippen LogP contribution in [0.1, 0.15) is 25.7 Å². The first-order valence-electron chi connectivity index (χ1n) is 7.07. The molecule has 1 saturated carbocycles. The third-order valence-corrected chi connectivity index (χ3v) is 3.53. The number of hydrogen-bond acceptors (Lipinski definition) is 4. The van der Waals surface area contributed by atoms with Gasteiger partial charge in [0.1, 0.15) is 6.54 Å². The minimum atomic E-state index is -0.114. The molecule has 2 aliphatic rings. The highest BCUT2D eigenvalue weighted by Crippen LogP contribution is 2.18. The Bertz CT molecular complexity index is 508. The predicted octanol–water partition coefficient (Wildman–Crippen LogP) is 0.274. The molecule has 2 heterocycles. The zero-order valence-electron chi connectivity index (χ0n) is 11.7. The lowest BCUT2D eigenvalue weighted by Crippen LogP contribution is -2.35. The van der Waals surface area contributed by atoms with E-state index in [1.807, 2.05) is 0 Å². The number of halogens is 1. The van der Waals surface area contributed by atoms with Crippen LogP contribution < -0.4 is 16.0 Å². The van der Waals surface area contributed by atoms with E-state index >= 15 is 0 Å². The Labute approximate surface area is 129 Å². The average molecular weight is 314 g/mol. The molecule has 1 aliphatic heterocycles. The molecule has 7 nitrogen and oxygen atoms in total. The first-order chi connectivity index (χ1) is 9.70. The summed E-state index contributed by atoms with van der Waals surface area (Å²) in [6.45, 7) is 1.08. The highest BCUT2D eigenvalue weighted by molar-refractivity contribution is 5.94. The maximum atomic E-state index is 11.9. The van der Waals surface area contributed by atoms with Crippen LogP contribution in [0.15, 0.2) is 12.4 Å². The van der Waals surface area contributed by atoms with Crippen molar-refractivity contribution in [1.82, 2.24) is 20.4 Å². The Balaban J connectivity index is 0.00000161. The Morgan fingerprint density at radius 2 is 2.19 bits per heavy atom. The van der Waals surface area contributed by atoms with Crippen LogP contribution in [0.3, 0.4) is 0 Å². The first-order valence-corrected chi connectivity index (χ1v) is 7.07. The monoisotopic (exact) mass is 313 g/mol. The third-order valence-electron chi connectivity index (χ3n) is 3.53. The van der Waals surface area contributed by atoms with Gasteiger partial charge < -0.3 is 16.0 Å². The average Bonchev–Trinajstić information content (AvgIpc) is 2.93. The zero-order valence-corrected chi connectivity index (χ0v) is 12.5. The molecule has 2 amide bonds. The molecule has 3 N–H and O–H groups in total. The number of nitrogens with one attached hydrogen (secondary N) is 3. The van der Waals surface area contributed by atoms with E-state index in [1.54, 1.807) is 12.4 Å². The Kier molecular flexibility index (Phi) is 5.19. The summed E-state index contributed by atoms with van der Waals surface area (Å²) in [4.78, 5) is 23.5. The summed E-state index contributed by atoms with van der Waals surface area (Å²) >= 11 is 0. The highest BCUT2D eigenvalue weighted by Gasteiger charge is 2.24. The van der Waals surface area contributed by atoms with Gasteiger partial charge in [-0.1, -0.05) is 0 Å². The predicted molar refractivity (Wildman–Crippen MR) is 80.3 cm³/mol. The van der Waals surface area contributed by atoms with Crippen LogP contribution in [0.25, 0.3) is 0 Å². The van der Waals surface area contributed by atoms with Crippen LogP contribution in [-0.4, -0.2) is 40.2 Å². The minimum absolute atomic E-state index is 0. The van der Waals surface area contributed by atoms with E-state index in [9.17, 15) is 9.59 Å². The lowest BCUT2D eigenvalue weighted by Gasteiger charge is -2.09. The second kappa shape index (κ2) is 6.91. The smallest absolute Gasteiger partial charge is 0.241 e. The Hall–Kier alpha value is -1.60. The summed E-state index contributed by atoms with van der Waals surface area (Å²) in [6, 6.07) is 0.238. The van der Waals surface area contributed by atoms with Crippen LogP contribution in [0, 0.1) is 0 Å². The van der Waals surface area contributed by atoms with Crippen LogP contribution in [0.5, 0.6) is 0 Å². The van der Waals surface area contributed by atoms with E-state index in [4.69, 9.17) is 0 Å². The van der Waals surface area contributed by atoms with Crippen molar-refractivity contribution in [3.8, 4) is 0 Å². The molecular formula is C13H20ClN5O2. The van der Waals surface area contributed by atoms with Crippen molar-refractivity contribution in [3.05, 3.63) is 12.4 Å². The van der Waals surface area contributed by atoms with Gasteiger partial charge in [0.05, 0.1) is 17.9 Å². The minimum Gasteiger partial charge on any atom is -0.352 e. The molecule has 0 aromatic carbocycles. The molecule has 1 aromatic rings. The molecule has 1 saturated heterocycles. The van der Waals surface area contributed by atoms with Crippen molar-refractivity contribution in [1.29, 1.82) is 0 Å². The summed E-state index contributed by atoms with van der Waals surface area (Å²) in [5, 5.41) is 12.9. The number of hydrogen-bond donors (Lipinski definition) is 3. The molecule has 116 valence electrons. The SMILES string of the molecule is Cl.O=C(Cn1cc(NC(=O)[C@@H]2CCCN2)cn1)NC1CC1. The van der Waals surface area contributed by atoms with Crippen molar-refractivity contribution in [2.24, 2.45) is 0 Å². The molecule has 8 heteroatoms. The molecular weight excluding hydrogens is 294 g/mol. The molecule has 1 aromatic heterocycles. The van der Waals surface area contributed by atoms with Crippen LogP contribution in [-0.2, 0) is 16.1 Å². The molecule has 21 heavy (non-hydrogen) atoms. The van der Waals surface area contributed by atoms with Crippen LogP contribution in [0.4, 0.5) is 5.69 Å². The van der Waals surface area contributed by atoms with Gasteiger partial charge in [0.2, 0.25) is 11.8 Å². The lowest BCUT2D eigenvalue weighted by molar-refractivity contribution is -0.122. The van der Waals surface area contributed by atoms with Gasteiger partial charge in [0.25, 0.3) is 0 Å². The number of anilines is 1. The Morgan fingerprint density at radius 1 is 1.38 bits per heavy atom. The van der Waals surface area contributed by atoms with Crippen molar-refractivity contribution < 1.29 is 9.59 Å². The standard InChI is InChI=1S/C13H19N5O2.ClH/c19-12(16-9-3-4-9)8-18-7-10(6-15-18)17-13(20)11-2-1-5-14-11;/h6-7,9,11,14H,1-5,8H2,(H,16,19)(H,17,20);1H/t11-;/m0./s1. The van der Waals surface area contributed by atoms with Gasteiger partial charge in [0, 0.05) is 12.2 Å². The largest absolute Gasteiger partial charge is 0.352 e. The fraction of sp³-hybridized carbons (Fsp3) is 0.615. The van der Waals surface area contributed by atoms with E-state index in [-0.39, 0.29) is 36.8 Å². The van der Waals surface area contributed by atoms with E-state index in [0.717, 1.165) is 32.2 Å². The van der Waals surface area contributed by atoms with Gasteiger partial charge in [-0.3, -0.25) is 14.3 Å². The molecule has 2 fully saturated rings. The third kappa shape index (κ3) is 4.44. The Morgan fingerprint density at radius 3 is 2.86 bits per heavy atom. The maximum Gasteiger partial charge on any atom is 0.241 e. The number of carbonyl (C=O) groups is 2. The van der Waals surface area contributed by atoms with Gasteiger partial charge in [-0.05, 0) is 32.2 Å². The van der Waals surface area contributed by atoms with Crippen LogP contribution in [0.2, 0.25) is 0 Å². The first kappa shape index (κ1) is 15.8. The second-order valence-electron chi connectivity index (χ2n) is 5.41. The van der Waals surface area contributed by atoms with Gasteiger partial charge in [-0.15, -0.1) is 12.4 Å². The molecule has 0 spiro atoms. The van der Waals surface area contributed by atoms with Crippen molar-refractivity contribution in [3.63, 3.8) is 0 Å². The summed E-state index contributed by atoms with van der Waals surface area (Å²) in [6.07, 6.45) is 7.28. The number of rotatable bonds is 5. The second-order valence-corrected chi connectivity index (χ2v) is 5.41. The van der Waals surface area contributed by atoms with Gasteiger partial charge in [-0.25, -0.2) is 0 Å². The fourth-order valence-corrected chi connectivity index (χ4v) is 2.30. The summed E-state index contributed by atoms with van der Waals surface area (Å²) < 4.78 is 1.54. The van der Waals surface area contributed by atoms with Gasteiger partial charge in [-0.2, -0.15) is 5.10 Å². The molecule has 0 bridgehead atoms. The van der Waals surface area contributed by atoms with E-state index in [1.165, 1.54) is 4.68 Å². The fourth-order valence-electron chi connectivity index (χ4n) is 2.30. The van der Waals surface area contributed by atoms with Gasteiger partial charge >= 0.3 is 0 Å². The van der Waals surface area contributed by atoms with Crippen LogP contribution >= 0.6 is 12.4 Å². The summed E-state index contributed by atoms with van der Waals surface area (Å²) in [5.41, 5.74) is 0.628. The lowest BCUT2D eigenvalue weighted by atomic mass is 10.2. The van der Waals surface area contributed by atoms with Crippen molar-refractivity contribution in [2.45, 2.75) is 44.3 Å². The zero-order chi connectivity index (χ0) is 13.9. The number of aromatic nitrogens is 2. The highest BCUT2D eigenvalue weighted by atomic mass is 35.5. The molecule has 0 unspecified atom stereocenters. The maximum absolute atomic E-state index is 11.9. The van der Waals surface area contributed by atoms with Crippen molar-refractivity contribution >= 4 is 29.9 Å². The quantitative estimate of drug-likeness (QED) is 0.728. The van der Waals surface area contributed by atoms with Crippen molar-refractivity contribution in [2.75, 3.05) is 11.9 Å². The number of nitrogens with zero attached hydrogens (tertiary/aromatic N) is 2. The summed E-state index contributed by atoms with van der Waals surface area (Å²) in [5.74, 6) is -0.0737. The normalized spacial score (nSPS) is 20.7. The topological polar surface area (TPSA) is 88.1 Å². The van der Waals surface area contributed by atoms with Gasteiger partial charge in [0.15, 0.2) is 0 Å². The molecule has 1 atom stereocenters. The van der Waals surface area contributed by atoms with E-state index in [2.05, 4.69) is 21.0 Å². The number of amides is 2. The molecule has 3 rings (SSSR count). The molecule has 0 radical (unpaired) electrons. The van der Waals surface area contributed by atoms with E-state index in [0.29, 0.717) is 11.7 Å². The van der Waals surface area contributed by atoms with E-state index < -0.39 is 0 Å². The molecule has 1 aliphatic carbocycles. The summed E-state index contributed by atoms with van der Waals surface area (Å²) in [7, 11) is 0.